The topological polar surface area (TPSA) is 55.6 Å². The molecule has 1 amide bonds. The van der Waals surface area contributed by atoms with Gasteiger partial charge in [-0.1, -0.05) is 19.3 Å². The average Bonchev–Trinajstić information content (AvgIpc) is 2.27. The maximum absolute atomic E-state index is 12.5. The molecule has 0 unspecified atom stereocenters. The smallest absolute Gasteiger partial charge is 0.242 e. The molecule has 0 radical (unpaired) electrons. The summed E-state index contributed by atoms with van der Waals surface area (Å²) in [6, 6.07) is 0. The zero-order valence-electron chi connectivity index (χ0n) is 11.4. The standard InChI is InChI=1S/C13H24N2O2.ClH/c1-12(2)10-15(8-9-17-12)11(16)13(14)6-4-3-5-7-13;/h3-10,14H2,1-2H3;1H. The minimum Gasteiger partial charge on any atom is -0.372 e. The van der Waals surface area contributed by atoms with E-state index >= 15 is 0 Å². The monoisotopic (exact) mass is 276 g/mol. The Morgan fingerprint density at radius 1 is 1.22 bits per heavy atom. The van der Waals surface area contributed by atoms with Crippen molar-refractivity contribution in [1.82, 2.24) is 4.90 Å². The summed E-state index contributed by atoms with van der Waals surface area (Å²) < 4.78 is 5.63. The molecule has 2 aliphatic rings. The number of nitrogens with two attached hydrogens (primary N) is 1. The van der Waals surface area contributed by atoms with Crippen LogP contribution in [0.3, 0.4) is 0 Å². The molecule has 4 nitrogen and oxygen atoms in total. The highest BCUT2D eigenvalue weighted by atomic mass is 35.5. The quantitative estimate of drug-likeness (QED) is 0.793. The molecule has 0 aromatic heterocycles. The van der Waals surface area contributed by atoms with Gasteiger partial charge in [-0.05, 0) is 26.7 Å². The Hall–Kier alpha value is -0.320. The molecule has 0 bridgehead atoms. The van der Waals surface area contributed by atoms with Gasteiger partial charge in [-0.25, -0.2) is 0 Å². The second-order valence-electron chi connectivity index (χ2n) is 6.05. The maximum atomic E-state index is 12.5. The molecule has 106 valence electrons. The Morgan fingerprint density at radius 3 is 2.39 bits per heavy atom. The van der Waals surface area contributed by atoms with Crippen molar-refractivity contribution in [2.24, 2.45) is 5.73 Å². The van der Waals surface area contributed by atoms with Crippen molar-refractivity contribution < 1.29 is 9.53 Å². The van der Waals surface area contributed by atoms with Gasteiger partial charge >= 0.3 is 0 Å². The molecule has 5 heteroatoms. The highest BCUT2D eigenvalue weighted by molar-refractivity contribution is 5.86. The molecule has 1 saturated heterocycles. The first-order chi connectivity index (χ1) is 7.93. The summed E-state index contributed by atoms with van der Waals surface area (Å²) in [4.78, 5) is 14.4. The van der Waals surface area contributed by atoms with Crippen LogP contribution in [0.2, 0.25) is 0 Å². The largest absolute Gasteiger partial charge is 0.372 e. The minimum atomic E-state index is -0.605. The van der Waals surface area contributed by atoms with E-state index in [-0.39, 0.29) is 23.9 Å². The second-order valence-corrected chi connectivity index (χ2v) is 6.05. The number of amides is 1. The molecular formula is C13H25ClN2O2. The van der Waals surface area contributed by atoms with Gasteiger partial charge in [-0.2, -0.15) is 0 Å². The normalized spacial score (nSPS) is 26.3. The van der Waals surface area contributed by atoms with E-state index in [0.717, 1.165) is 25.7 Å². The number of morpholine rings is 1. The van der Waals surface area contributed by atoms with Gasteiger partial charge in [0.25, 0.3) is 0 Å². The van der Waals surface area contributed by atoms with Crippen LogP contribution in [-0.2, 0) is 9.53 Å². The van der Waals surface area contributed by atoms with E-state index in [1.165, 1.54) is 6.42 Å². The highest BCUT2D eigenvalue weighted by Gasteiger charge is 2.41. The number of carbonyl (C=O) groups excluding carboxylic acids is 1. The SMILES string of the molecule is CC1(C)CN(C(=O)C2(N)CCCCC2)CCO1.Cl. The summed E-state index contributed by atoms with van der Waals surface area (Å²) in [6.07, 6.45) is 5.04. The van der Waals surface area contributed by atoms with Gasteiger partial charge < -0.3 is 15.4 Å². The third-order valence-corrected chi connectivity index (χ3v) is 3.88. The number of rotatable bonds is 1. The summed E-state index contributed by atoms with van der Waals surface area (Å²) in [7, 11) is 0. The molecule has 1 aliphatic carbocycles. The maximum Gasteiger partial charge on any atom is 0.242 e. The van der Waals surface area contributed by atoms with Crippen molar-refractivity contribution in [3.8, 4) is 0 Å². The summed E-state index contributed by atoms with van der Waals surface area (Å²) >= 11 is 0. The molecule has 0 aromatic rings. The van der Waals surface area contributed by atoms with Crippen LogP contribution < -0.4 is 5.73 Å². The van der Waals surface area contributed by atoms with Crippen molar-refractivity contribution in [2.45, 2.75) is 57.1 Å². The van der Waals surface area contributed by atoms with Gasteiger partial charge in [0.2, 0.25) is 5.91 Å². The predicted molar refractivity (Wildman–Crippen MR) is 73.9 cm³/mol. The van der Waals surface area contributed by atoms with Gasteiger partial charge in [-0.15, -0.1) is 12.4 Å². The first-order valence-electron chi connectivity index (χ1n) is 6.65. The van der Waals surface area contributed by atoms with Crippen molar-refractivity contribution >= 4 is 18.3 Å². The zero-order valence-corrected chi connectivity index (χ0v) is 12.2. The number of nitrogens with zero attached hydrogens (tertiary/aromatic N) is 1. The summed E-state index contributed by atoms with van der Waals surface area (Å²) in [5, 5.41) is 0. The Bertz CT molecular complexity index is 301. The van der Waals surface area contributed by atoms with Gasteiger partial charge in [0.1, 0.15) is 0 Å². The van der Waals surface area contributed by atoms with E-state index < -0.39 is 5.54 Å². The number of hydrogen-bond donors (Lipinski definition) is 1. The van der Waals surface area contributed by atoms with Crippen LogP contribution in [0.5, 0.6) is 0 Å². The molecule has 0 aromatic carbocycles. The van der Waals surface area contributed by atoms with Crippen LogP contribution in [0.25, 0.3) is 0 Å². The van der Waals surface area contributed by atoms with Crippen LogP contribution in [-0.4, -0.2) is 41.6 Å². The fourth-order valence-electron chi connectivity index (χ4n) is 2.90. The fraction of sp³-hybridized carbons (Fsp3) is 0.923. The number of hydrogen-bond acceptors (Lipinski definition) is 3. The lowest BCUT2D eigenvalue weighted by Gasteiger charge is -2.43. The Kier molecular flexibility index (Phi) is 5.04. The second kappa shape index (κ2) is 5.76. The first-order valence-corrected chi connectivity index (χ1v) is 6.65. The van der Waals surface area contributed by atoms with E-state index in [1.807, 2.05) is 18.7 Å². The zero-order chi connectivity index (χ0) is 12.5. The van der Waals surface area contributed by atoms with Crippen LogP contribution in [0.15, 0.2) is 0 Å². The van der Waals surface area contributed by atoms with Crippen LogP contribution >= 0.6 is 12.4 Å². The van der Waals surface area contributed by atoms with Crippen molar-refractivity contribution in [2.75, 3.05) is 19.7 Å². The van der Waals surface area contributed by atoms with Crippen molar-refractivity contribution in [1.29, 1.82) is 0 Å². The van der Waals surface area contributed by atoms with E-state index in [9.17, 15) is 4.79 Å². The van der Waals surface area contributed by atoms with Crippen LogP contribution in [0.4, 0.5) is 0 Å². The third-order valence-electron chi connectivity index (χ3n) is 3.88. The summed E-state index contributed by atoms with van der Waals surface area (Å²) in [5.74, 6) is 0.133. The van der Waals surface area contributed by atoms with Crippen molar-refractivity contribution in [3.05, 3.63) is 0 Å². The molecule has 0 spiro atoms. The van der Waals surface area contributed by atoms with Crippen molar-refractivity contribution in [3.63, 3.8) is 0 Å². The molecule has 1 saturated carbocycles. The van der Waals surface area contributed by atoms with E-state index in [4.69, 9.17) is 10.5 Å². The molecule has 2 rings (SSSR count). The number of carbonyl (C=O) groups is 1. The van der Waals surface area contributed by atoms with Gasteiger partial charge in [0.15, 0.2) is 0 Å². The molecule has 0 atom stereocenters. The fourth-order valence-corrected chi connectivity index (χ4v) is 2.90. The van der Waals surface area contributed by atoms with Gasteiger partial charge in [0.05, 0.1) is 17.7 Å². The lowest BCUT2D eigenvalue weighted by Crippen LogP contribution is -2.61. The Morgan fingerprint density at radius 2 is 1.83 bits per heavy atom. The van der Waals surface area contributed by atoms with Gasteiger partial charge in [0, 0.05) is 13.1 Å². The van der Waals surface area contributed by atoms with E-state index in [0.29, 0.717) is 19.7 Å². The van der Waals surface area contributed by atoms with E-state index in [2.05, 4.69) is 0 Å². The Balaban J connectivity index is 0.00000162. The molecule has 2 N–H and O–H groups in total. The molecule has 1 heterocycles. The third kappa shape index (κ3) is 3.37. The first kappa shape index (κ1) is 15.7. The molecule has 2 fully saturated rings. The average molecular weight is 277 g/mol. The van der Waals surface area contributed by atoms with Gasteiger partial charge in [-0.3, -0.25) is 4.79 Å². The highest BCUT2D eigenvalue weighted by Crippen LogP contribution is 2.29. The predicted octanol–water partition coefficient (Wildman–Crippen LogP) is 1.71. The molecule has 18 heavy (non-hydrogen) atoms. The summed E-state index contributed by atoms with van der Waals surface area (Å²) in [5.41, 5.74) is 5.45. The summed E-state index contributed by atoms with van der Waals surface area (Å²) in [6.45, 7) is 6.01. The molecule has 1 aliphatic heterocycles. The minimum absolute atomic E-state index is 0. The number of ether oxygens (including phenoxy) is 1. The molecular weight excluding hydrogens is 252 g/mol. The van der Waals surface area contributed by atoms with Crippen LogP contribution in [0, 0.1) is 0 Å². The van der Waals surface area contributed by atoms with Crippen LogP contribution in [0.1, 0.15) is 46.0 Å². The lowest BCUT2D eigenvalue weighted by molar-refractivity contribution is -0.152. The number of halogens is 1. The Labute approximate surface area is 116 Å². The lowest BCUT2D eigenvalue weighted by atomic mass is 9.81. The van der Waals surface area contributed by atoms with E-state index in [1.54, 1.807) is 0 Å².